The van der Waals surface area contributed by atoms with Crippen molar-refractivity contribution in [3.05, 3.63) is 69.3 Å². The van der Waals surface area contributed by atoms with E-state index in [1.165, 1.54) is 6.08 Å². The molecule has 2 aromatic carbocycles. The van der Waals surface area contributed by atoms with E-state index in [1.54, 1.807) is 25.1 Å². The molecule has 1 N–H and O–H groups in total. The average molecular weight is 473 g/mol. The molecule has 3 amide bonds. The molecule has 1 fully saturated rings. The van der Waals surface area contributed by atoms with Crippen molar-refractivity contribution in [2.75, 3.05) is 13.2 Å². The van der Waals surface area contributed by atoms with Gasteiger partial charge in [-0.2, -0.15) is 0 Å². The molecule has 0 bridgehead atoms. The fraction of sp³-hybridized carbons (Fsp3) is 0.227. The van der Waals surface area contributed by atoms with Crippen LogP contribution in [0, 0.1) is 6.92 Å². The first-order valence-electron chi connectivity index (χ1n) is 9.35. The summed E-state index contributed by atoms with van der Waals surface area (Å²) in [5, 5.41) is 2.61. The van der Waals surface area contributed by atoms with Gasteiger partial charge in [-0.1, -0.05) is 45.8 Å². The maximum atomic E-state index is 12.8. The summed E-state index contributed by atoms with van der Waals surface area (Å²) in [5.41, 5.74) is 2.58. The number of esters is 1. The van der Waals surface area contributed by atoms with Gasteiger partial charge in [0.1, 0.15) is 11.4 Å². The Kier molecular flexibility index (Phi) is 6.89. The minimum atomic E-state index is -0.492. The number of rotatable bonds is 7. The molecule has 3 rings (SSSR count). The molecule has 1 aliphatic rings. The fourth-order valence-electron chi connectivity index (χ4n) is 2.97. The van der Waals surface area contributed by atoms with E-state index in [9.17, 15) is 14.4 Å². The van der Waals surface area contributed by atoms with Crippen molar-refractivity contribution in [3.63, 3.8) is 0 Å². The zero-order chi connectivity index (χ0) is 21.7. The molecule has 7 nitrogen and oxygen atoms in total. The molecule has 0 aromatic heterocycles. The number of halogens is 1. The van der Waals surface area contributed by atoms with E-state index in [2.05, 4.69) is 21.2 Å². The van der Waals surface area contributed by atoms with Crippen molar-refractivity contribution in [3.8, 4) is 5.75 Å². The number of ether oxygens (including phenoxy) is 2. The number of aryl methyl sites for hydroxylation is 1. The molecule has 0 atom stereocenters. The van der Waals surface area contributed by atoms with Gasteiger partial charge in [0.2, 0.25) is 0 Å². The number of hydrogen-bond donors (Lipinski definition) is 1. The SMILES string of the molecule is CCOC(=O)COc1ccc(Br)cc1/C=C1/NC(=O)N(Cc2cccc(C)c2)C1=O. The Morgan fingerprint density at radius 1 is 1.20 bits per heavy atom. The molecule has 0 saturated carbocycles. The number of benzene rings is 2. The van der Waals surface area contributed by atoms with E-state index in [-0.39, 0.29) is 25.5 Å². The Bertz CT molecular complexity index is 1020. The van der Waals surface area contributed by atoms with E-state index in [4.69, 9.17) is 9.47 Å². The first-order valence-corrected chi connectivity index (χ1v) is 10.1. The van der Waals surface area contributed by atoms with Gasteiger partial charge in [-0.15, -0.1) is 0 Å². The second-order valence-corrected chi connectivity index (χ2v) is 7.56. The van der Waals surface area contributed by atoms with Crippen LogP contribution in [0.4, 0.5) is 4.79 Å². The lowest BCUT2D eigenvalue weighted by Crippen LogP contribution is -2.30. The molecule has 30 heavy (non-hydrogen) atoms. The summed E-state index contributed by atoms with van der Waals surface area (Å²) in [4.78, 5) is 37.9. The van der Waals surface area contributed by atoms with Crippen LogP contribution >= 0.6 is 15.9 Å². The second-order valence-electron chi connectivity index (χ2n) is 6.64. The Morgan fingerprint density at radius 3 is 2.73 bits per heavy atom. The maximum absolute atomic E-state index is 12.8. The van der Waals surface area contributed by atoms with E-state index in [0.717, 1.165) is 20.5 Å². The Balaban J connectivity index is 1.81. The summed E-state index contributed by atoms with van der Waals surface area (Å²) in [5.74, 6) is -0.538. The number of urea groups is 1. The van der Waals surface area contributed by atoms with Gasteiger partial charge in [0.05, 0.1) is 13.2 Å². The van der Waals surface area contributed by atoms with E-state index in [1.807, 2.05) is 31.2 Å². The molecule has 156 valence electrons. The first-order chi connectivity index (χ1) is 14.4. The first kappa shape index (κ1) is 21.6. The number of carbonyl (C=O) groups is 3. The number of hydrogen-bond acceptors (Lipinski definition) is 5. The van der Waals surface area contributed by atoms with Gasteiger partial charge in [-0.05, 0) is 43.7 Å². The van der Waals surface area contributed by atoms with Crippen LogP contribution in [0.15, 0.2) is 52.6 Å². The third-order valence-corrected chi connectivity index (χ3v) is 4.80. The van der Waals surface area contributed by atoms with Crippen LogP contribution in [0.3, 0.4) is 0 Å². The zero-order valence-electron chi connectivity index (χ0n) is 16.6. The predicted molar refractivity (Wildman–Crippen MR) is 115 cm³/mol. The van der Waals surface area contributed by atoms with E-state index < -0.39 is 17.9 Å². The number of nitrogens with one attached hydrogen (secondary N) is 1. The van der Waals surface area contributed by atoms with Gasteiger partial charge < -0.3 is 14.8 Å². The molecular formula is C22H21BrN2O5. The van der Waals surface area contributed by atoms with Gasteiger partial charge in [0.25, 0.3) is 5.91 Å². The maximum Gasteiger partial charge on any atom is 0.344 e. The van der Waals surface area contributed by atoms with Crippen molar-refractivity contribution < 1.29 is 23.9 Å². The van der Waals surface area contributed by atoms with Crippen LogP contribution in [-0.4, -0.2) is 36.0 Å². The fourth-order valence-corrected chi connectivity index (χ4v) is 3.35. The van der Waals surface area contributed by atoms with Gasteiger partial charge in [0.15, 0.2) is 6.61 Å². The van der Waals surface area contributed by atoms with Crippen molar-refractivity contribution in [2.45, 2.75) is 20.4 Å². The molecule has 1 saturated heterocycles. The Morgan fingerprint density at radius 2 is 2.00 bits per heavy atom. The van der Waals surface area contributed by atoms with Crippen LogP contribution in [-0.2, 0) is 20.9 Å². The highest BCUT2D eigenvalue weighted by molar-refractivity contribution is 9.10. The van der Waals surface area contributed by atoms with Crippen molar-refractivity contribution in [2.24, 2.45) is 0 Å². The van der Waals surface area contributed by atoms with Crippen LogP contribution in [0.25, 0.3) is 6.08 Å². The Labute approximate surface area is 182 Å². The third kappa shape index (κ3) is 5.27. The summed E-state index contributed by atoms with van der Waals surface area (Å²) < 4.78 is 11.2. The summed E-state index contributed by atoms with van der Waals surface area (Å²) >= 11 is 3.38. The van der Waals surface area contributed by atoms with Crippen LogP contribution in [0.1, 0.15) is 23.6 Å². The largest absolute Gasteiger partial charge is 0.481 e. The highest BCUT2D eigenvalue weighted by Crippen LogP contribution is 2.27. The third-order valence-electron chi connectivity index (χ3n) is 4.31. The smallest absolute Gasteiger partial charge is 0.344 e. The van der Waals surface area contributed by atoms with Gasteiger partial charge in [0, 0.05) is 10.0 Å². The molecule has 0 unspecified atom stereocenters. The summed E-state index contributed by atoms with van der Waals surface area (Å²) in [6, 6.07) is 12.3. The molecule has 2 aromatic rings. The monoisotopic (exact) mass is 472 g/mol. The van der Waals surface area contributed by atoms with Gasteiger partial charge in [-0.3, -0.25) is 9.69 Å². The van der Waals surface area contributed by atoms with Crippen LogP contribution < -0.4 is 10.1 Å². The van der Waals surface area contributed by atoms with Gasteiger partial charge >= 0.3 is 12.0 Å². The molecule has 0 radical (unpaired) electrons. The Hall–Kier alpha value is -3.13. The van der Waals surface area contributed by atoms with Crippen molar-refractivity contribution in [1.29, 1.82) is 0 Å². The summed E-state index contributed by atoms with van der Waals surface area (Å²) in [7, 11) is 0. The molecule has 1 heterocycles. The second kappa shape index (κ2) is 9.58. The van der Waals surface area contributed by atoms with Crippen LogP contribution in [0.5, 0.6) is 5.75 Å². The van der Waals surface area contributed by atoms with Crippen molar-refractivity contribution >= 4 is 39.9 Å². The van der Waals surface area contributed by atoms with Crippen molar-refractivity contribution in [1.82, 2.24) is 10.2 Å². The normalized spacial score (nSPS) is 14.8. The van der Waals surface area contributed by atoms with E-state index >= 15 is 0 Å². The number of imide groups is 1. The molecule has 0 spiro atoms. The lowest BCUT2D eigenvalue weighted by molar-refractivity contribution is -0.145. The quantitative estimate of drug-likeness (QED) is 0.376. The lowest BCUT2D eigenvalue weighted by atomic mass is 10.1. The molecular weight excluding hydrogens is 452 g/mol. The van der Waals surface area contributed by atoms with Gasteiger partial charge in [-0.25, -0.2) is 9.59 Å². The standard InChI is InChI=1S/C22H21BrN2O5/c1-3-29-20(26)13-30-19-8-7-17(23)10-16(19)11-18-21(27)25(22(28)24-18)12-15-6-4-5-14(2)9-15/h4-11H,3,12-13H2,1-2H3,(H,24,28)/b18-11+. The molecule has 0 aliphatic carbocycles. The molecule has 8 heteroatoms. The van der Waals surface area contributed by atoms with Crippen LogP contribution in [0.2, 0.25) is 0 Å². The highest BCUT2D eigenvalue weighted by Gasteiger charge is 2.33. The average Bonchev–Trinajstić information content (AvgIpc) is 2.95. The lowest BCUT2D eigenvalue weighted by Gasteiger charge is -2.12. The predicted octanol–water partition coefficient (Wildman–Crippen LogP) is 3.79. The zero-order valence-corrected chi connectivity index (χ0v) is 18.2. The highest BCUT2D eigenvalue weighted by atomic mass is 79.9. The minimum absolute atomic E-state index is 0.131. The number of amides is 3. The van der Waals surface area contributed by atoms with E-state index in [0.29, 0.717) is 11.3 Å². The number of carbonyl (C=O) groups excluding carboxylic acids is 3. The number of nitrogens with zero attached hydrogens (tertiary/aromatic N) is 1. The topological polar surface area (TPSA) is 84.9 Å². The summed E-state index contributed by atoms with van der Waals surface area (Å²) in [6.45, 7) is 3.84. The molecule has 1 aliphatic heterocycles. The minimum Gasteiger partial charge on any atom is -0.481 e. The summed E-state index contributed by atoms with van der Waals surface area (Å²) in [6.07, 6.45) is 1.53.